The maximum absolute atomic E-state index is 12.0. The summed E-state index contributed by atoms with van der Waals surface area (Å²) >= 11 is 0. The Morgan fingerprint density at radius 1 is 1.29 bits per heavy atom. The smallest absolute Gasteiger partial charge is 0.360 e. The van der Waals surface area contributed by atoms with E-state index in [1.54, 1.807) is 6.92 Å². The molecule has 1 atom stereocenters. The topological polar surface area (TPSA) is 86.1 Å². The number of ether oxygens (including phenoxy) is 1. The highest BCUT2D eigenvalue weighted by atomic mass is 16.5. The maximum atomic E-state index is 12.0. The van der Waals surface area contributed by atoms with Crippen molar-refractivity contribution in [2.45, 2.75) is 39.3 Å². The van der Waals surface area contributed by atoms with E-state index in [-0.39, 0.29) is 30.8 Å². The number of hydrogen-bond acceptors (Lipinski definition) is 5. The Balaban J connectivity index is 1.77. The van der Waals surface area contributed by atoms with Crippen LogP contribution in [-0.2, 0) is 22.5 Å². The molecule has 0 aliphatic heterocycles. The van der Waals surface area contributed by atoms with Crippen LogP contribution in [0.15, 0.2) is 36.5 Å². The number of rotatable bonds is 8. The van der Waals surface area contributed by atoms with E-state index in [2.05, 4.69) is 27.8 Å². The molecule has 0 radical (unpaired) electrons. The second kappa shape index (κ2) is 8.81. The van der Waals surface area contributed by atoms with Crippen LogP contribution in [0.25, 0.3) is 0 Å². The van der Waals surface area contributed by atoms with E-state index in [0.29, 0.717) is 0 Å². The van der Waals surface area contributed by atoms with Gasteiger partial charge in [-0.05, 0) is 32.3 Å². The lowest BCUT2D eigenvalue weighted by Crippen LogP contribution is -2.35. The number of aromatic nitrogens is 3. The normalized spacial score (nSPS) is 11.8. The monoisotopic (exact) mass is 330 g/mol. The van der Waals surface area contributed by atoms with Gasteiger partial charge in [-0.1, -0.05) is 35.5 Å². The molecule has 0 bridgehead atoms. The van der Waals surface area contributed by atoms with Crippen molar-refractivity contribution in [2.24, 2.45) is 0 Å². The van der Waals surface area contributed by atoms with Crippen LogP contribution in [0.3, 0.4) is 0 Å². The molecule has 128 valence electrons. The third-order valence-corrected chi connectivity index (χ3v) is 3.45. The van der Waals surface area contributed by atoms with Crippen molar-refractivity contribution < 1.29 is 14.3 Å². The summed E-state index contributed by atoms with van der Waals surface area (Å²) in [6.07, 6.45) is 3.16. The number of carbonyl (C=O) groups is 2. The van der Waals surface area contributed by atoms with Crippen LogP contribution in [-0.4, -0.2) is 39.5 Å². The minimum absolute atomic E-state index is 0.0160. The van der Waals surface area contributed by atoms with Crippen LogP contribution in [0.2, 0.25) is 0 Å². The standard InChI is InChI=1S/C17H22N4O3/c1-3-24-17(23)15-11-21(20-19-15)12-16(22)18-13(2)9-10-14-7-5-4-6-8-14/h4-8,11,13H,3,9-10,12H2,1-2H3,(H,18,22)/t13-/m0/s1. The van der Waals surface area contributed by atoms with Gasteiger partial charge in [0.15, 0.2) is 5.69 Å². The molecule has 0 aliphatic carbocycles. The van der Waals surface area contributed by atoms with Gasteiger partial charge < -0.3 is 10.1 Å². The molecular weight excluding hydrogens is 308 g/mol. The van der Waals surface area contributed by atoms with Crippen molar-refractivity contribution in [2.75, 3.05) is 6.61 Å². The Morgan fingerprint density at radius 3 is 2.75 bits per heavy atom. The molecule has 2 aromatic rings. The molecule has 0 saturated heterocycles. The largest absolute Gasteiger partial charge is 0.461 e. The molecule has 1 aromatic carbocycles. The van der Waals surface area contributed by atoms with Gasteiger partial charge >= 0.3 is 5.97 Å². The van der Waals surface area contributed by atoms with Gasteiger partial charge in [0, 0.05) is 6.04 Å². The molecule has 1 amide bonds. The maximum Gasteiger partial charge on any atom is 0.360 e. The highest BCUT2D eigenvalue weighted by Crippen LogP contribution is 2.05. The third kappa shape index (κ3) is 5.49. The van der Waals surface area contributed by atoms with Crippen molar-refractivity contribution in [3.8, 4) is 0 Å². The number of nitrogens with one attached hydrogen (secondary N) is 1. The predicted octanol–water partition coefficient (Wildman–Crippen LogP) is 1.59. The SMILES string of the molecule is CCOC(=O)c1cn(CC(=O)N[C@@H](C)CCc2ccccc2)nn1. The van der Waals surface area contributed by atoms with Crippen LogP contribution in [0, 0.1) is 0 Å². The molecule has 0 unspecified atom stereocenters. The Hall–Kier alpha value is -2.70. The van der Waals surface area contributed by atoms with Crippen molar-refractivity contribution in [1.82, 2.24) is 20.3 Å². The van der Waals surface area contributed by atoms with Gasteiger partial charge in [-0.15, -0.1) is 5.10 Å². The fraction of sp³-hybridized carbons (Fsp3) is 0.412. The van der Waals surface area contributed by atoms with E-state index in [1.165, 1.54) is 16.4 Å². The minimum atomic E-state index is -0.541. The first-order chi connectivity index (χ1) is 11.6. The molecule has 1 heterocycles. The quantitative estimate of drug-likeness (QED) is 0.743. The summed E-state index contributed by atoms with van der Waals surface area (Å²) in [4.78, 5) is 23.5. The highest BCUT2D eigenvalue weighted by molar-refractivity contribution is 5.86. The number of aryl methyl sites for hydroxylation is 1. The molecule has 7 nitrogen and oxygen atoms in total. The Kier molecular flexibility index (Phi) is 6.48. The first-order valence-electron chi connectivity index (χ1n) is 7.99. The lowest BCUT2D eigenvalue weighted by Gasteiger charge is -2.13. The number of benzene rings is 1. The zero-order chi connectivity index (χ0) is 17.4. The lowest BCUT2D eigenvalue weighted by atomic mass is 10.1. The minimum Gasteiger partial charge on any atom is -0.461 e. The summed E-state index contributed by atoms with van der Waals surface area (Å²) in [5.41, 5.74) is 1.34. The van der Waals surface area contributed by atoms with Gasteiger partial charge in [-0.25, -0.2) is 9.48 Å². The molecule has 0 fully saturated rings. The van der Waals surface area contributed by atoms with Gasteiger partial charge in [0.1, 0.15) is 6.54 Å². The number of hydrogen-bond donors (Lipinski definition) is 1. The molecule has 2 rings (SSSR count). The van der Waals surface area contributed by atoms with Crippen molar-refractivity contribution >= 4 is 11.9 Å². The van der Waals surface area contributed by atoms with Crippen LogP contribution in [0.4, 0.5) is 0 Å². The number of carbonyl (C=O) groups excluding carboxylic acids is 2. The first-order valence-corrected chi connectivity index (χ1v) is 7.99. The van der Waals surface area contributed by atoms with Crippen LogP contribution < -0.4 is 5.32 Å². The van der Waals surface area contributed by atoms with Crippen LogP contribution in [0.5, 0.6) is 0 Å². The Bertz CT molecular complexity index is 669. The molecule has 24 heavy (non-hydrogen) atoms. The van der Waals surface area contributed by atoms with Gasteiger partial charge in [0.25, 0.3) is 0 Å². The average Bonchev–Trinajstić information content (AvgIpc) is 3.02. The Labute approximate surface area is 141 Å². The van der Waals surface area contributed by atoms with E-state index >= 15 is 0 Å². The summed E-state index contributed by atoms with van der Waals surface area (Å²) in [5.74, 6) is -0.712. The first kappa shape index (κ1) is 17.7. The summed E-state index contributed by atoms with van der Waals surface area (Å²) < 4.78 is 6.15. The van der Waals surface area contributed by atoms with E-state index in [0.717, 1.165) is 12.8 Å². The van der Waals surface area contributed by atoms with E-state index in [4.69, 9.17) is 4.74 Å². The van der Waals surface area contributed by atoms with Crippen LogP contribution >= 0.6 is 0 Å². The molecular formula is C17H22N4O3. The average molecular weight is 330 g/mol. The van der Waals surface area contributed by atoms with Gasteiger partial charge in [0.05, 0.1) is 12.8 Å². The molecule has 1 N–H and O–H groups in total. The molecule has 7 heteroatoms. The van der Waals surface area contributed by atoms with Gasteiger partial charge in [-0.2, -0.15) is 0 Å². The van der Waals surface area contributed by atoms with E-state index in [9.17, 15) is 9.59 Å². The number of esters is 1. The van der Waals surface area contributed by atoms with E-state index in [1.807, 2.05) is 25.1 Å². The zero-order valence-corrected chi connectivity index (χ0v) is 13.9. The molecule has 0 spiro atoms. The molecule has 0 aliphatic rings. The zero-order valence-electron chi connectivity index (χ0n) is 13.9. The van der Waals surface area contributed by atoms with Crippen LogP contribution in [0.1, 0.15) is 36.3 Å². The fourth-order valence-electron chi connectivity index (χ4n) is 2.24. The second-order valence-corrected chi connectivity index (χ2v) is 5.51. The molecule has 1 aromatic heterocycles. The van der Waals surface area contributed by atoms with Crippen molar-refractivity contribution in [1.29, 1.82) is 0 Å². The third-order valence-electron chi connectivity index (χ3n) is 3.45. The highest BCUT2D eigenvalue weighted by Gasteiger charge is 2.14. The number of nitrogens with zero attached hydrogens (tertiary/aromatic N) is 3. The predicted molar refractivity (Wildman–Crippen MR) is 88.3 cm³/mol. The van der Waals surface area contributed by atoms with Gasteiger partial charge in [0.2, 0.25) is 5.91 Å². The van der Waals surface area contributed by atoms with Gasteiger partial charge in [-0.3, -0.25) is 4.79 Å². The summed E-state index contributed by atoms with van der Waals surface area (Å²) in [6.45, 7) is 3.96. The van der Waals surface area contributed by atoms with Crippen molar-refractivity contribution in [3.63, 3.8) is 0 Å². The second-order valence-electron chi connectivity index (χ2n) is 5.51. The summed E-state index contributed by atoms with van der Waals surface area (Å²) in [7, 11) is 0. The number of amides is 1. The molecule has 0 saturated carbocycles. The Morgan fingerprint density at radius 2 is 2.04 bits per heavy atom. The lowest BCUT2D eigenvalue weighted by molar-refractivity contribution is -0.122. The summed E-state index contributed by atoms with van der Waals surface area (Å²) in [5, 5.41) is 10.4. The van der Waals surface area contributed by atoms with E-state index < -0.39 is 5.97 Å². The van der Waals surface area contributed by atoms with Crippen molar-refractivity contribution in [3.05, 3.63) is 47.8 Å². The summed E-state index contributed by atoms with van der Waals surface area (Å²) in [6, 6.07) is 10.2. The fourth-order valence-corrected chi connectivity index (χ4v) is 2.24.